The minimum atomic E-state index is -0.571. The largest absolute Gasteiger partial charge is 0.452 e. The third-order valence-electron chi connectivity index (χ3n) is 3.61. The van der Waals surface area contributed by atoms with Crippen molar-refractivity contribution in [1.29, 1.82) is 0 Å². The summed E-state index contributed by atoms with van der Waals surface area (Å²) in [6.07, 6.45) is 0.570. The van der Waals surface area contributed by atoms with Crippen molar-refractivity contribution in [2.45, 2.75) is 42.4 Å². The number of nitrogens with zero attached hydrogens (tertiary/aromatic N) is 1. The van der Waals surface area contributed by atoms with E-state index in [1.807, 2.05) is 44.2 Å². The summed E-state index contributed by atoms with van der Waals surface area (Å²) in [7, 11) is 1.31. The zero-order valence-electron chi connectivity index (χ0n) is 12.0. The number of carbonyl (C=O) groups excluding carboxylic acids is 2. The minimum absolute atomic E-state index is 0.154. The molecule has 2 amide bonds. The Kier molecular flexibility index (Phi) is 4.38. The molecule has 1 heterocycles. The average molecular weight is 293 g/mol. The molecule has 20 heavy (non-hydrogen) atoms. The monoisotopic (exact) mass is 293 g/mol. The molecular weight excluding hydrogens is 274 g/mol. The van der Waals surface area contributed by atoms with Gasteiger partial charge in [-0.05, 0) is 32.4 Å². The van der Waals surface area contributed by atoms with E-state index < -0.39 is 11.6 Å². The van der Waals surface area contributed by atoms with Crippen molar-refractivity contribution in [3.05, 3.63) is 30.3 Å². The maximum atomic E-state index is 12.0. The van der Waals surface area contributed by atoms with Crippen molar-refractivity contribution in [2.24, 2.45) is 0 Å². The molecule has 1 saturated heterocycles. The number of piperidine rings is 1. The minimum Gasteiger partial charge on any atom is -0.452 e. The molecule has 0 aliphatic carbocycles. The van der Waals surface area contributed by atoms with Crippen LogP contribution in [0.4, 0.5) is 4.79 Å². The van der Waals surface area contributed by atoms with E-state index in [1.165, 1.54) is 12.0 Å². The Labute approximate surface area is 123 Å². The fourth-order valence-electron chi connectivity index (χ4n) is 2.48. The Morgan fingerprint density at radius 2 is 2.00 bits per heavy atom. The predicted octanol–water partition coefficient (Wildman–Crippen LogP) is 3.31. The summed E-state index contributed by atoms with van der Waals surface area (Å²) < 4.78 is 4.75. The summed E-state index contributed by atoms with van der Waals surface area (Å²) in [5, 5.41) is 0.154. The van der Waals surface area contributed by atoms with Crippen molar-refractivity contribution < 1.29 is 14.3 Å². The van der Waals surface area contributed by atoms with Gasteiger partial charge in [0.15, 0.2) is 0 Å². The van der Waals surface area contributed by atoms with Crippen LogP contribution in [0.3, 0.4) is 0 Å². The third-order valence-corrected chi connectivity index (χ3v) is 5.25. The summed E-state index contributed by atoms with van der Waals surface area (Å²) in [6.45, 7) is 3.84. The molecule has 1 unspecified atom stereocenters. The maximum absolute atomic E-state index is 12.0. The Morgan fingerprint density at radius 3 is 2.60 bits per heavy atom. The van der Waals surface area contributed by atoms with E-state index in [4.69, 9.17) is 4.74 Å². The first kappa shape index (κ1) is 14.9. The molecule has 108 valence electrons. The molecule has 0 N–H and O–H groups in total. The van der Waals surface area contributed by atoms with Crippen LogP contribution in [0.25, 0.3) is 0 Å². The number of carbonyl (C=O) groups is 2. The molecule has 0 saturated carbocycles. The zero-order chi connectivity index (χ0) is 14.8. The number of amides is 2. The van der Waals surface area contributed by atoms with Crippen molar-refractivity contribution in [3.63, 3.8) is 0 Å². The van der Waals surface area contributed by atoms with E-state index in [2.05, 4.69) is 0 Å². The molecule has 0 aromatic heterocycles. The van der Waals surface area contributed by atoms with Gasteiger partial charge in [-0.15, -0.1) is 11.8 Å². The van der Waals surface area contributed by atoms with Crippen LogP contribution in [-0.2, 0) is 9.53 Å². The van der Waals surface area contributed by atoms with Gasteiger partial charge in [0.2, 0.25) is 5.91 Å². The lowest BCUT2D eigenvalue weighted by atomic mass is 9.90. The number of hydrogen-bond donors (Lipinski definition) is 0. The second kappa shape index (κ2) is 5.87. The van der Waals surface area contributed by atoms with E-state index in [0.29, 0.717) is 6.42 Å². The number of hydrogen-bond acceptors (Lipinski definition) is 4. The zero-order valence-corrected chi connectivity index (χ0v) is 12.8. The standard InChI is InChI=1S/C15H19NO3S/c1-15(2)12(20-11-7-5-4-6-8-11)9-10-13(17)16(15)14(18)19-3/h4-8,12H,9-10H2,1-3H3. The number of benzene rings is 1. The Bertz CT molecular complexity index is 493. The Morgan fingerprint density at radius 1 is 1.35 bits per heavy atom. The molecule has 1 fully saturated rings. The van der Waals surface area contributed by atoms with Crippen LogP contribution in [0.15, 0.2) is 35.2 Å². The number of imide groups is 1. The van der Waals surface area contributed by atoms with Crippen LogP contribution >= 0.6 is 11.8 Å². The molecule has 0 radical (unpaired) electrons. The van der Waals surface area contributed by atoms with E-state index in [-0.39, 0.29) is 11.2 Å². The van der Waals surface area contributed by atoms with Gasteiger partial charge in [0, 0.05) is 16.6 Å². The number of likely N-dealkylation sites (tertiary alicyclic amines) is 1. The highest BCUT2D eigenvalue weighted by molar-refractivity contribution is 8.00. The Hall–Kier alpha value is -1.49. The first-order valence-corrected chi connectivity index (χ1v) is 7.47. The fourth-order valence-corrected chi connectivity index (χ4v) is 3.75. The Balaban J connectivity index is 2.22. The van der Waals surface area contributed by atoms with Crippen molar-refractivity contribution >= 4 is 23.8 Å². The van der Waals surface area contributed by atoms with Crippen LogP contribution < -0.4 is 0 Å². The quantitative estimate of drug-likeness (QED) is 0.839. The highest BCUT2D eigenvalue weighted by Gasteiger charge is 2.46. The van der Waals surface area contributed by atoms with Gasteiger partial charge in [-0.1, -0.05) is 18.2 Å². The van der Waals surface area contributed by atoms with Gasteiger partial charge in [-0.3, -0.25) is 4.79 Å². The van der Waals surface area contributed by atoms with Gasteiger partial charge >= 0.3 is 6.09 Å². The highest BCUT2D eigenvalue weighted by Crippen LogP contribution is 2.40. The van der Waals surface area contributed by atoms with Crippen LogP contribution in [-0.4, -0.2) is 34.8 Å². The van der Waals surface area contributed by atoms with Gasteiger partial charge in [-0.25, -0.2) is 9.69 Å². The topological polar surface area (TPSA) is 46.6 Å². The van der Waals surface area contributed by atoms with E-state index in [1.54, 1.807) is 11.8 Å². The lowest BCUT2D eigenvalue weighted by Gasteiger charge is -2.45. The molecule has 1 aliphatic rings. The molecule has 2 rings (SSSR count). The molecule has 0 bridgehead atoms. The lowest BCUT2D eigenvalue weighted by Crippen LogP contribution is -2.59. The molecular formula is C15H19NO3S. The van der Waals surface area contributed by atoms with Crippen LogP contribution in [0, 0.1) is 0 Å². The molecule has 1 aromatic carbocycles. The molecule has 5 heteroatoms. The number of rotatable bonds is 2. The number of thioether (sulfide) groups is 1. The first-order chi connectivity index (χ1) is 9.46. The van der Waals surface area contributed by atoms with Gasteiger partial charge < -0.3 is 4.74 Å². The van der Waals surface area contributed by atoms with Gasteiger partial charge in [0.05, 0.1) is 12.6 Å². The van der Waals surface area contributed by atoms with Crippen LogP contribution in [0.1, 0.15) is 26.7 Å². The number of methoxy groups -OCH3 is 1. The first-order valence-electron chi connectivity index (χ1n) is 6.59. The summed E-state index contributed by atoms with van der Waals surface area (Å²) in [4.78, 5) is 26.3. The lowest BCUT2D eigenvalue weighted by molar-refractivity contribution is -0.136. The fraction of sp³-hybridized carbons (Fsp3) is 0.467. The molecule has 1 aliphatic heterocycles. The third kappa shape index (κ3) is 2.82. The second-order valence-corrected chi connectivity index (χ2v) is 6.59. The van der Waals surface area contributed by atoms with Crippen LogP contribution in [0.2, 0.25) is 0 Å². The van der Waals surface area contributed by atoms with Crippen molar-refractivity contribution in [3.8, 4) is 0 Å². The van der Waals surface area contributed by atoms with Gasteiger partial charge in [0.1, 0.15) is 0 Å². The molecule has 4 nitrogen and oxygen atoms in total. The highest BCUT2D eigenvalue weighted by atomic mass is 32.2. The summed E-state index contributed by atoms with van der Waals surface area (Å²) in [6, 6.07) is 10.0. The summed E-state index contributed by atoms with van der Waals surface area (Å²) >= 11 is 1.70. The smallest absolute Gasteiger partial charge is 0.416 e. The normalized spacial score (nSPS) is 21.6. The maximum Gasteiger partial charge on any atom is 0.416 e. The summed E-state index contributed by atoms with van der Waals surface area (Å²) in [5.41, 5.74) is -0.567. The predicted molar refractivity (Wildman–Crippen MR) is 78.7 cm³/mol. The SMILES string of the molecule is COC(=O)N1C(=O)CCC(Sc2ccccc2)C1(C)C. The van der Waals surface area contributed by atoms with E-state index in [0.717, 1.165) is 11.3 Å². The molecule has 0 spiro atoms. The molecule has 1 atom stereocenters. The average Bonchev–Trinajstić information content (AvgIpc) is 2.42. The van der Waals surface area contributed by atoms with Crippen molar-refractivity contribution in [2.75, 3.05) is 7.11 Å². The van der Waals surface area contributed by atoms with Crippen LogP contribution in [0.5, 0.6) is 0 Å². The second-order valence-electron chi connectivity index (χ2n) is 5.31. The van der Waals surface area contributed by atoms with Crippen molar-refractivity contribution in [1.82, 2.24) is 4.90 Å². The van der Waals surface area contributed by atoms with Gasteiger partial charge in [-0.2, -0.15) is 0 Å². The molecule has 1 aromatic rings. The van der Waals surface area contributed by atoms with E-state index in [9.17, 15) is 9.59 Å². The van der Waals surface area contributed by atoms with E-state index >= 15 is 0 Å². The summed E-state index contributed by atoms with van der Waals surface area (Å²) in [5.74, 6) is -0.160. The van der Waals surface area contributed by atoms with Gasteiger partial charge in [0.25, 0.3) is 0 Å². The number of ether oxygens (including phenoxy) is 1.